The van der Waals surface area contributed by atoms with Crippen molar-refractivity contribution in [2.75, 3.05) is 13.7 Å². The zero-order valence-electron chi connectivity index (χ0n) is 13.1. The Kier molecular flexibility index (Phi) is 4.62. The topological polar surface area (TPSA) is 74.5 Å². The van der Waals surface area contributed by atoms with Crippen LogP contribution in [0.1, 0.15) is 17.2 Å². The summed E-state index contributed by atoms with van der Waals surface area (Å²) in [4.78, 5) is 3.22. The van der Waals surface area contributed by atoms with E-state index < -0.39 is 0 Å². The average Bonchev–Trinajstić information content (AvgIpc) is 2.99. The molecule has 2 aromatic carbocycles. The lowest BCUT2D eigenvalue weighted by Crippen LogP contribution is -2.30. The first-order valence-electron chi connectivity index (χ1n) is 7.57. The number of nitrogens with zero attached hydrogens (tertiary/aromatic N) is 1. The van der Waals surface area contributed by atoms with Crippen molar-refractivity contribution in [1.29, 1.82) is 0 Å². The van der Waals surface area contributed by atoms with Crippen LogP contribution in [0, 0.1) is 0 Å². The van der Waals surface area contributed by atoms with Crippen molar-refractivity contribution in [1.82, 2.24) is 10.0 Å². The molecule has 3 aromatic rings. The van der Waals surface area contributed by atoms with Crippen molar-refractivity contribution >= 4 is 10.9 Å². The fourth-order valence-corrected chi connectivity index (χ4v) is 2.82. The number of benzene rings is 2. The SMILES string of the molecule is COc1ccc2c(C(CN)N(O)Cc3ccccc3)c[nH]c2c1. The van der Waals surface area contributed by atoms with Gasteiger partial charge in [0.05, 0.1) is 13.2 Å². The molecule has 120 valence electrons. The summed E-state index contributed by atoms with van der Waals surface area (Å²) >= 11 is 0. The van der Waals surface area contributed by atoms with E-state index in [4.69, 9.17) is 10.5 Å². The normalized spacial score (nSPS) is 12.7. The molecule has 4 N–H and O–H groups in total. The number of methoxy groups -OCH3 is 1. The van der Waals surface area contributed by atoms with Crippen molar-refractivity contribution in [3.8, 4) is 5.75 Å². The van der Waals surface area contributed by atoms with Crippen molar-refractivity contribution in [2.24, 2.45) is 5.73 Å². The number of fused-ring (bicyclic) bond motifs is 1. The molecular formula is C18H21N3O2. The second-order valence-electron chi connectivity index (χ2n) is 5.49. The molecule has 5 nitrogen and oxygen atoms in total. The van der Waals surface area contributed by atoms with Gasteiger partial charge < -0.3 is 20.7 Å². The van der Waals surface area contributed by atoms with Crippen LogP contribution >= 0.6 is 0 Å². The summed E-state index contributed by atoms with van der Waals surface area (Å²) in [6.45, 7) is 0.744. The Labute approximate surface area is 135 Å². The minimum atomic E-state index is -0.280. The van der Waals surface area contributed by atoms with E-state index in [-0.39, 0.29) is 6.04 Å². The molecular weight excluding hydrogens is 290 g/mol. The number of hydrogen-bond acceptors (Lipinski definition) is 4. The Morgan fingerprint density at radius 1 is 1.22 bits per heavy atom. The monoisotopic (exact) mass is 311 g/mol. The minimum absolute atomic E-state index is 0.280. The van der Waals surface area contributed by atoms with Crippen molar-refractivity contribution in [3.05, 3.63) is 65.9 Å². The highest BCUT2D eigenvalue weighted by Crippen LogP contribution is 2.30. The van der Waals surface area contributed by atoms with Crippen LogP contribution in [0.2, 0.25) is 0 Å². The maximum atomic E-state index is 10.5. The fourth-order valence-electron chi connectivity index (χ4n) is 2.82. The number of rotatable bonds is 6. The summed E-state index contributed by atoms with van der Waals surface area (Å²) in [5, 5.41) is 12.8. The number of aromatic nitrogens is 1. The lowest BCUT2D eigenvalue weighted by molar-refractivity contribution is -0.134. The van der Waals surface area contributed by atoms with Gasteiger partial charge in [-0.1, -0.05) is 30.3 Å². The van der Waals surface area contributed by atoms with Crippen molar-refractivity contribution in [2.45, 2.75) is 12.6 Å². The lowest BCUT2D eigenvalue weighted by Gasteiger charge is -2.24. The van der Waals surface area contributed by atoms with E-state index >= 15 is 0 Å². The third-order valence-corrected chi connectivity index (χ3v) is 4.05. The van der Waals surface area contributed by atoms with Crippen LogP contribution in [0.15, 0.2) is 54.7 Å². The number of hydrogen-bond donors (Lipinski definition) is 3. The van der Waals surface area contributed by atoms with Crippen LogP contribution in [-0.4, -0.2) is 28.9 Å². The number of nitrogens with two attached hydrogens (primary N) is 1. The third-order valence-electron chi connectivity index (χ3n) is 4.05. The Bertz CT molecular complexity index is 770. The molecule has 5 heteroatoms. The molecule has 0 aliphatic heterocycles. The van der Waals surface area contributed by atoms with E-state index in [2.05, 4.69) is 4.98 Å². The molecule has 0 aliphatic rings. The largest absolute Gasteiger partial charge is 0.497 e. The smallest absolute Gasteiger partial charge is 0.120 e. The van der Waals surface area contributed by atoms with E-state index in [1.54, 1.807) is 7.11 Å². The number of hydroxylamine groups is 2. The minimum Gasteiger partial charge on any atom is -0.497 e. The van der Waals surface area contributed by atoms with E-state index in [1.807, 2.05) is 54.7 Å². The summed E-state index contributed by atoms with van der Waals surface area (Å²) in [5.41, 5.74) is 8.90. The fraction of sp³-hybridized carbons (Fsp3) is 0.222. The number of ether oxygens (including phenoxy) is 1. The zero-order chi connectivity index (χ0) is 16.2. The van der Waals surface area contributed by atoms with Gasteiger partial charge in [0.15, 0.2) is 0 Å². The summed E-state index contributed by atoms with van der Waals surface area (Å²) in [6.07, 6.45) is 1.90. The van der Waals surface area contributed by atoms with Crippen LogP contribution in [0.3, 0.4) is 0 Å². The molecule has 0 bridgehead atoms. The van der Waals surface area contributed by atoms with E-state index in [0.717, 1.165) is 27.8 Å². The van der Waals surface area contributed by atoms with Gasteiger partial charge in [0, 0.05) is 36.3 Å². The van der Waals surface area contributed by atoms with E-state index in [9.17, 15) is 5.21 Å². The standard InChI is InChI=1S/C18H21N3O2/c1-23-14-7-8-15-16(11-20-17(15)9-14)18(10-19)21(22)12-13-5-3-2-4-6-13/h2-9,11,18,20,22H,10,12,19H2,1H3. The molecule has 23 heavy (non-hydrogen) atoms. The molecule has 0 aliphatic carbocycles. The van der Waals surface area contributed by atoms with Crippen LogP contribution in [0.4, 0.5) is 0 Å². The first-order valence-corrected chi connectivity index (χ1v) is 7.57. The second-order valence-corrected chi connectivity index (χ2v) is 5.49. The van der Waals surface area contributed by atoms with Gasteiger partial charge in [-0.15, -0.1) is 0 Å². The predicted octanol–water partition coefficient (Wildman–Crippen LogP) is 3.07. The molecule has 3 rings (SSSR count). The van der Waals surface area contributed by atoms with Crippen LogP contribution < -0.4 is 10.5 Å². The Morgan fingerprint density at radius 2 is 2.00 bits per heavy atom. The highest BCUT2D eigenvalue weighted by molar-refractivity contribution is 5.85. The highest BCUT2D eigenvalue weighted by Gasteiger charge is 2.21. The molecule has 0 fully saturated rings. The number of aromatic amines is 1. The summed E-state index contributed by atoms with van der Waals surface area (Å²) < 4.78 is 5.24. The van der Waals surface area contributed by atoms with Gasteiger partial charge in [-0.2, -0.15) is 5.06 Å². The number of nitrogens with one attached hydrogen (secondary N) is 1. The Hall–Kier alpha value is -2.34. The molecule has 1 atom stereocenters. The molecule has 1 aromatic heterocycles. The Balaban J connectivity index is 1.88. The lowest BCUT2D eigenvalue weighted by atomic mass is 10.0. The van der Waals surface area contributed by atoms with Crippen LogP contribution in [0.25, 0.3) is 10.9 Å². The Morgan fingerprint density at radius 3 is 2.70 bits per heavy atom. The van der Waals surface area contributed by atoms with E-state index in [0.29, 0.717) is 13.1 Å². The summed E-state index contributed by atoms with van der Waals surface area (Å²) in [6, 6.07) is 15.4. The molecule has 0 saturated carbocycles. The summed E-state index contributed by atoms with van der Waals surface area (Å²) in [7, 11) is 1.64. The van der Waals surface area contributed by atoms with Gasteiger partial charge in [-0.3, -0.25) is 0 Å². The average molecular weight is 311 g/mol. The van der Waals surface area contributed by atoms with Gasteiger partial charge in [0.2, 0.25) is 0 Å². The van der Waals surface area contributed by atoms with Crippen LogP contribution in [0.5, 0.6) is 5.75 Å². The maximum Gasteiger partial charge on any atom is 0.120 e. The van der Waals surface area contributed by atoms with E-state index in [1.165, 1.54) is 5.06 Å². The molecule has 1 heterocycles. The van der Waals surface area contributed by atoms with Gasteiger partial charge >= 0.3 is 0 Å². The van der Waals surface area contributed by atoms with Gasteiger partial charge in [-0.25, -0.2) is 0 Å². The van der Waals surface area contributed by atoms with Gasteiger partial charge in [0.25, 0.3) is 0 Å². The molecule has 0 radical (unpaired) electrons. The maximum absolute atomic E-state index is 10.5. The molecule has 0 spiro atoms. The molecule has 0 saturated heterocycles. The van der Waals surface area contributed by atoms with Gasteiger partial charge in [-0.05, 0) is 23.3 Å². The summed E-state index contributed by atoms with van der Waals surface area (Å²) in [5.74, 6) is 0.792. The first kappa shape index (κ1) is 15.6. The van der Waals surface area contributed by atoms with Crippen molar-refractivity contribution < 1.29 is 9.94 Å². The quantitative estimate of drug-likeness (QED) is 0.612. The molecule has 1 unspecified atom stereocenters. The zero-order valence-corrected chi connectivity index (χ0v) is 13.1. The predicted molar refractivity (Wildman–Crippen MR) is 90.4 cm³/mol. The number of H-pyrrole nitrogens is 1. The van der Waals surface area contributed by atoms with Crippen molar-refractivity contribution in [3.63, 3.8) is 0 Å². The second kappa shape index (κ2) is 6.83. The first-order chi connectivity index (χ1) is 11.2. The highest BCUT2D eigenvalue weighted by atomic mass is 16.5. The third kappa shape index (κ3) is 3.22. The van der Waals surface area contributed by atoms with Gasteiger partial charge in [0.1, 0.15) is 5.75 Å². The van der Waals surface area contributed by atoms with Crippen LogP contribution in [-0.2, 0) is 6.54 Å². The molecule has 0 amide bonds.